The molecule has 2 aromatic rings. The minimum absolute atomic E-state index is 0.0973. The summed E-state index contributed by atoms with van der Waals surface area (Å²) >= 11 is 0. The number of amidine groups is 1. The molecule has 0 bridgehead atoms. The van der Waals surface area contributed by atoms with Gasteiger partial charge in [-0.15, -0.1) is 0 Å². The van der Waals surface area contributed by atoms with Crippen LogP contribution in [0.3, 0.4) is 0 Å². The number of hydrogen-bond acceptors (Lipinski definition) is 2. The van der Waals surface area contributed by atoms with Gasteiger partial charge in [-0.2, -0.15) is 0 Å². The second-order valence-corrected chi connectivity index (χ2v) is 3.91. The lowest BCUT2D eigenvalue weighted by Crippen LogP contribution is -2.12. The second kappa shape index (κ2) is 3.98. The molecule has 0 saturated heterocycles. The Kier molecular flexibility index (Phi) is 2.66. The third-order valence-corrected chi connectivity index (χ3v) is 2.78. The van der Waals surface area contributed by atoms with Crippen LogP contribution in [0, 0.1) is 12.3 Å². The second-order valence-electron chi connectivity index (χ2n) is 3.91. The molecule has 16 heavy (non-hydrogen) atoms. The number of nitrogens with zero attached hydrogens (tertiary/aromatic N) is 1. The number of benzene rings is 1. The molecular formula is C12H16N4. The van der Waals surface area contributed by atoms with Crippen LogP contribution in [-0.2, 0) is 6.54 Å². The van der Waals surface area contributed by atoms with Crippen LogP contribution in [0.5, 0.6) is 0 Å². The van der Waals surface area contributed by atoms with E-state index in [0.717, 1.165) is 23.0 Å². The fraction of sp³-hybridized carbons (Fsp3) is 0.250. The standard InChI is InChI=1S/C12H16N4/c1-8-6-9-2-3-10(12(14)15)7-11(9)16(8)5-4-13/h2-3,6-7H,4-5,13H2,1H3,(H3,14,15). The first-order valence-electron chi connectivity index (χ1n) is 5.28. The van der Waals surface area contributed by atoms with Crippen molar-refractivity contribution in [2.75, 3.05) is 6.54 Å². The van der Waals surface area contributed by atoms with Gasteiger partial charge in [0.15, 0.2) is 0 Å². The number of nitrogens with two attached hydrogens (primary N) is 2. The van der Waals surface area contributed by atoms with Gasteiger partial charge in [-0.1, -0.05) is 12.1 Å². The van der Waals surface area contributed by atoms with Crippen molar-refractivity contribution in [1.29, 1.82) is 5.41 Å². The maximum absolute atomic E-state index is 7.43. The minimum atomic E-state index is 0.0973. The molecule has 0 aliphatic carbocycles. The smallest absolute Gasteiger partial charge is 0.122 e. The summed E-state index contributed by atoms with van der Waals surface area (Å²) in [6.07, 6.45) is 0. The van der Waals surface area contributed by atoms with E-state index in [0.29, 0.717) is 6.54 Å². The Hall–Kier alpha value is -1.81. The Labute approximate surface area is 94.4 Å². The van der Waals surface area contributed by atoms with Crippen molar-refractivity contribution in [2.45, 2.75) is 13.5 Å². The van der Waals surface area contributed by atoms with Crippen LogP contribution in [0.1, 0.15) is 11.3 Å². The Morgan fingerprint density at radius 1 is 1.38 bits per heavy atom. The number of fused-ring (bicyclic) bond motifs is 1. The molecule has 4 nitrogen and oxygen atoms in total. The third kappa shape index (κ3) is 1.67. The van der Waals surface area contributed by atoms with Gasteiger partial charge in [0.1, 0.15) is 5.84 Å². The SMILES string of the molecule is Cc1cc2ccc(C(=N)N)cc2n1CCN. The molecule has 0 aliphatic heterocycles. The van der Waals surface area contributed by atoms with E-state index in [2.05, 4.69) is 17.6 Å². The number of aromatic nitrogens is 1. The van der Waals surface area contributed by atoms with Crippen LogP contribution in [0.25, 0.3) is 10.9 Å². The number of rotatable bonds is 3. The first-order chi connectivity index (χ1) is 7.63. The van der Waals surface area contributed by atoms with Crippen molar-refractivity contribution in [3.05, 3.63) is 35.5 Å². The molecule has 4 heteroatoms. The molecule has 84 valence electrons. The van der Waals surface area contributed by atoms with E-state index in [4.69, 9.17) is 16.9 Å². The summed E-state index contributed by atoms with van der Waals surface area (Å²) in [5, 5.41) is 8.60. The van der Waals surface area contributed by atoms with E-state index in [1.165, 1.54) is 5.69 Å². The highest BCUT2D eigenvalue weighted by Crippen LogP contribution is 2.20. The number of nitrogens with one attached hydrogen (secondary N) is 1. The predicted octanol–water partition coefficient (Wildman–Crippen LogP) is 1.19. The summed E-state index contributed by atoms with van der Waals surface area (Å²) in [6.45, 7) is 3.45. The maximum atomic E-state index is 7.43. The number of nitrogen functional groups attached to an aromatic ring is 1. The molecule has 1 aromatic carbocycles. The molecule has 0 amide bonds. The Morgan fingerprint density at radius 3 is 2.75 bits per heavy atom. The van der Waals surface area contributed by atoms with Crippen LogP contribution in [-0.4, -0.2) is 16.9 Å². The van der Waals surface area contributed by atoms with Gasteiger partial charge < -0.3 is 16.0 Å². The fourth-order valence-electron chi connectivity index (χ4n) is 1.99. The molecule has 0 spiro atoms. The first kappa shape index (κ1) is 10.7. The average Bonchev–Trinajstić information content (AvgIpc) is 2.55. The lowest BCUT2D eigenvalue weighted by molar-refractivity contribution is 0.715. The molecule has 0 fully saturated rings. The van der Waals surface area contributed by atoms with E-state index in [1.54, 1.807) is 0 Å². The summed E-state index contributed by atoms with van der Waals surface area (Å²) in [5.41, 5.74) is 14.1. The van der Waals surface area contributed by atoms with E-state index in [9.17, 15) is 0 Å². The molecule has 5 N–H and O–H groups in total. The summed E-state index contributed by atoms with van der Waals surface area (Å²) in [7, 11) is 0. The van der Waals surface area contributed by atoms with Crippen molar-refractivity contribution in [1.82, 2.24) is 4.57 Å². The zero-order valence-corrected chi connectivity index (χ0v) is 9.33. The molecule has 0 saturated carbocycles. The van der Waals surface area contributed by atoms with Crippen LogP contribution in [0.15, 0.2) is 24.3 Å². The van der Waals surface area contributed by atoms with Crippen molar-refractivity contribution in [2.24, 2.45) is 11.5 Å². The Morgan fingerprint density at radius 2 is 2.12 bits per heavy atom. The highest BCUT2D eigenvalue weighted by atomic mass is 15.0. The van der Waals surface area contributed by atoms with Gasteiger partial charge in [-0.3, -0.25) is 5.41 Å². The van der Waals surface area contributed by atoms with E-state index in [1.807, 2.05) is 18.2 Å². The predicted molar refractivity (Wildman–Crippen MR) is 66.7 cm³/mol. The number of hydrogen-bond donors (Lipinski definition) is 3. The summed E-state index contributed by atoms with van der Waals surface area (Å²) in [6, 6.07) is 7.93. The molecule has 1 aromatic heterocycles. The minimum Gasteiger partial charge on any atom is -0.384 e. The molecule has 0 aliphatic rings. The average molecular weight is 216 g/mol. The monoisotopic (exact) mass is 216 g/mol. The first-order valence-corrected chi connectivity index (χ1v) is 5.28. The van der Waals surface area contributed by atoms with Crippen LogP contribution in [0.4, 0.5) is 0 Å². The van der Waals surface area contributed by atoms with Gasteiger partial charge in [0.2, 0.25) is 0 Å². The van der Waals surface area contributed by atoms with E-state index in [-0.39, 0.29) is 5.84 Å². The molecule has 0 radical (unpaired) electrons. The lowest BCUT2D eigenvalue weighted by atomic mass is 10.1. The maximum Gasteiger partial charge on any atom is 0.122 e. The largest absolute Gasteiger partial charge is 0.384 e. The quantitative estimate of drug-likeness (QED) is 0.532. The molecule has 0 atom stereocenters. The van der Waals surface area contributed by atoms with Gasteiger partial charge in [0.25, 0.3) is 0 Å². The van der Waals surface area contributed by atoms with Crippen LogP contribution < -0.4 is 11.5 Å². The van der Waals surface area contributed by atoms with Crippen molar-refractivity contribution >= 4 is 16.7 Å². The Balaban J connectivity index is 2.64. The lowest BCUT2D eigenvalue weighted by Gasteiger charge is -2.07. The van der Waals surface area contributed by atoms with Crippen molar-refractivity contribution in [3.63, 3.8) is 0 Å². The van der Waals surface area contributed by atoms with Gasteiger partial charge in [0.05, 0.1) is 0 Å². The normalized spacial score (nSPS) is 10.9. The van der Waals surface area contributed by atoms with Crippen molar-refractivity contribution < 1.29 is 0 Å². The van der Waals surface area contributed by atoms with Crippen LogP contribution in [0.2, 0.25) is 0 Å². The molecule has 0 unspecified atom stereocenters. The van der Waals surface area contributed by atoms with Gasteiger partial charge in [-0.05, 0) is 24.4 Å². The van der Waals surface area contributed by atoms with Crippen LogP contribution >= 0.6 is 0 Å². The zero-order valence-electron chi connectivity index (χ0n) is 9.33. The molecule has 2 rings (SSSR count). The van der Waals surface area contributed by atoms with Gasteiger partial charge in [-0.25, -0.2) is 0 Å². The fourth-order valence-corrected chi connectivity index (χ4v) is 1.99. The van der Waals surface area contributed by atoms with Gasteiger partial charge in [0, 0.05) is 29.9 Å². The third-order valence-electron chi connectivity index (χ3n) is 2.78. The van der Waals surface area contributed by atoms with E-state index < -0.39 is 0 Å². The number of aryl methyl sites for hydroxylation is 1. The molecule has 1 heterocycles. The highest BCUT2D eigenvalue weighted by molar-refractivity contribution is 5.98. The summed E-state index contributed by atoms with van der Waals surface area (Å²) < 4.78 is 2.15. The topological polar surface area (TPSA) is 80.8 Å². The highest BCUT2D eigenvalue weighted by Gasteiger charge is 2.06. The van der Waals surface area contributed by atoms with Gasteiger partial charge >= 0.3 is 0 Å². The zero-order chi connectivity index (χ0) is 11.7. The van der Waals surface area contributed by atoms with E-state index >= 15 is 0 Å². The molecular weight excluding hydrogens is 200 g/mol. The Bertz CT molecular complexity index is 539. The van der Waals surface area contributed by atoms with Crippen molar-refractivity contribution in [3.8, 4) is 0 Å². The summed E-state index contributed by atoms with van der Waals surface area (Å²) in [4.78, 5) is 0. The summed E-state index contributed by atoms with van der Waals surface area (Å²) in [5.74, 6) is 0.0973.